The standard InChI is InChI=1S/C11H16O3/c1-2-10(9-12)3-5-11(6-4-10)13-7-8-14-11/h3,5,9H,2,4,6-8H2,1H3. The van der Waals surface area contributed by atoms with E-state index in [4.69, 9.17) is 9.47 Å². The largest absolute Gasteiger partial charge is 0.344 e. The highest BCUT2D eigenvalue weighted by molar-refractivity contribution is 5.63. The topological polar surface area (TPSA) is 35.5 Å². The number of aldehydes is 1. The summed E-state index contributed by atoms with van der Waals surface area (Å²) in [6, 6.07) is 0. The van der Waals surface area contributed by atoms with Gasteiger partial charge in [0.1, 0.15) is 6.29 Å². The Morgan fingerprint density at radius 1 is 1.29 bits per heavy atom. The number of rotatable bonds is 2. The zero-order chi connectivity index (χ0) is 10.1. The molecule has 1 unspecified atom stereocenters. The third kappa shape index (κ3) is 1.51. The number of allylic oxidation sites excluding steroid dienone is 1. The van der Waals surface area contributed by atoms with Gasteiger partial charge in [0.15, 0.2) is 5.79 Å². The Bertz CT molecular complexity index is 253. The lowest BCUT2D eigenvalue weighted by atomic mass is 9.76. The highest BCUT2D eigenvalue weighted by atomic mass is 16.7. The minimum Gasteiger partial charge on any atom is -0.344 e. The molecule has 3 nitrogen and oxygen atoms in total. The van der Waals surface area contributed by atoms with Gasteiger partial charge in [-0.15, -0.1) is 0 Å². The van der Waals surface area contributed by atoms with E-state index in [2.05, 4.69) is 0 Å². The lowest BCUT2D eigenvalue weighted by molar-refractivity contribution is -0.136. The van der Waals surface area contributed by atoms with Gasteiger partial charge < -0.3 is 14.3 Å². The van der Waals surface area contributed by atoms with Crippen LogP contribution < -0.4 is 0 Å². The van der Waals surface area contributed by atoms with Crippen LogP contribution in [-0.2, 0) is 14.3 Å². The van der Waals surface area contributed by atoms with Gasteiger partial charge >= 0.3 is 0 Å². The van der Waals surface area contributed by atoms with E-state index >= 15 is 0 Å². The molecule has 0 aromatic heterocycles. The Balaban J connectivity index is 2.15. The molecule has 14 heavy (non-hydrogen) atoms. The smallest absolute Gasteiger partial charge is 0.188 e. The first-order valence-electron chi connectivity index (χ1n) is 5.19. The maximum Gasteiger partial charge on any atom is 0.188 e. The molecule has 3 heteroatoms. The molecule has 1 atom stereocenters. The van der Waals surface area contributed by atoms with Gasteiger partial charge in [0.25, 0.3) is 0 Å². The van der Waals surface area contributed by atoms with E-state index < -0.39 is 5.79 Å². The van der Waals surface area contributed by atoms with Crippen molar-refractivity contribution in [1.29, 1.82) is 0 Å². The van der Waals surface area contributed by atoms with Crippen LogP contribution in [0.25, 0.3) is 0 Å². The molecule has 2 rings (SSSR count). The van der Waals surface area contributed by atoms with E-state index in [1.54, 1.807) is 0 Å². The molecule has 0 aromatic rings. The summed E-state index contributed by atoms with van der Waals surface area (Å²) >= 11 is 0. The minimum atomic E-state index is -0.512. The van der Waals surface area contributed by atoms with Gasteiger partial charge in [-0.1, -0.05) is 13.0 Å². The molecule has 0 radical (unpaired) electrons. The third-order valence-corrected chi connectivity index (χ3v) is 3.28. The van der Waals surface area contributed by atoms with Crippen LogP contribution in [0.2, 0.25) is 0 Å². The van der Waals surface area contributed by atoms with E-state index in [0.29, 0.717) is 13.2 Å². The van der Waals surface area contributed by atoms with Crippen molar-refractivity contribution in [2.24, 2.45) is 5.41 Å². The molecular formula is C11H16O3. The van der Waals surface area contributed by atoms with Gasteiger partial charge in [-0.05, 0) is 18.9 Å². The first-order chi connectivity index (χ1) is 6.74. The predicted molar refractivity (Wildman–Crippen MR) is 51.8 cm³/mol. The van der Waals surface area contributed by atoms with Crippen LogP contribution in [0.3, 0.4) is 0 Å². The second kappa shape index (κ2) is 3.48. The van der Waals surface area contributed by atoms with E-state index in [-0.39, 0.29) is 5.41 Å². The SMILES string of the molecule is CCC1(C=O)C=CC2(CC1)OCCO2. The first kappa shape index (κ1) is 9.87. The summed E-state index contributed by atoms with van der Waals surface area (Å²) in [5, 5.41) is 0. The van der Waals surface area contributed by atoms with Crippen molar-refractivity contribution in [1.82, 2.24) is 0 Å². The number of hydrogen-bond acceptors (Lipinski definition) is 3. The van der Waals surface area contributed by atoms with E-state index in [0.717, 1.165) is 25.5 Å². The van der Waals surface area contributed by atoms with Gasteiger partial charge in [-0.25, -0.2) is 0 Å². The molecule has 1 saturated heterocycles. The summed E-state index contributed by atoms with van der Waals surface area (Å²) in [4.78, 5) is 11.0. The second-order valence-corrected chi connectivity index (χ2v) is 4.05. The van der Waals surface area contributed by atoms with Crippen molar-refractivity contribution < 1.29 is 14.3 Å². The molecule has 0 amide bonds. The molecule has 1 aliphatic heterocycles. The number of carbonyl (C=O) groups is 1. The van der Waals surface area contributed by atoms with Crippen molar-refractivity contribution in [3.8, 4) is 0 Å². The molecule has 78 valence electrons. The maximum atomic E-state index is 11.0. The highest BCUT2D eigenvalue weighted by Crippen LogP contribution is 2.40. The average molecular weight is 196 g/mol. The van der Waals surface area contributed by atoms with Gasteiger partial charge in [0.2, 0.25) is 0 Å². The number of ether oxygens (including phenoxy) is 2. The van der Waals surface area contributed by atoms with Crippen LogP contribution >= 0.6 is 0 Å². The lowest BCUT2D eigenvalue weighted by Crippen LogP contribution is -2.35. The fourth-order valence-corrected chi connectivity index (χ4v) is 2.05. The Morgan fingerprint density at radius 3 is 2.43 bits per heavy atom. The van der Waals surface area contributed by atoms with Gasteiger partial charge in [0, 0.05) is 11.8 Å². The monoisotopic (exact) mass is 196 g/mol. The fraction of sp³-hybridized carbons (Fsp3) is 0.727. The molecule has 1 aliphatic carbocycles. The molecule has 2 aliphatic rings. The van der Waals surface area contributed by atoms with E-state index in [9.17, 15) is 4.79 Å². The lowest BCUT2D eigenvalue weighted by Gasteiger charge is -2.34. The summed E-state index contributed by atoms with van der Waals surface area (Å²) < 4.78 is 11.1. The van der Waals surface area contributed by atoms with Crippen molar-refractivity contribution in [2.45, 2.75) is 32.0 Å². The quantitative estimate of drug-likeness (QED) is 0.498. The van der Waals surface area contributed by atoms with Gasteiger partial charge in [-0.2, -0.15) is 0 Å². The van der Waals surface area contributed by atoms with E-state index in [1.165, 1.54) is 0 Å². The zero-order valence-electron chi connectivity index (χ0n) is 8.49. The highest BCUT2D eigenvalue weighted by Gasteiger charge is 2.41. The summed E-state index contributed by atoms with van der Waals surface area (Å²) in [5.74, 6) is -0.512. The summed E-state index contributed by atoms with van der Waals surface area (Å²) in [7, 11) is 0. The molecule has 1 spiro atoms. The van der Waals surface area contributed by atoms with Gasteiger partial charge in [0.05, 0.1) is 13.2 Å². The number of hydrogen-bond donors (Lipinski definition) is 0. The van der Waals surface area contributed by atoms with Crippen LogP contribution in [0, 0.1) is 5.41 Å². The summed E-state index contributed by atoms with van der Waals surface area (Å²) in [5.41, 5.74) is -0.277. The van der Waals surface area contributed by atoms with Gasteiger partial charge in [-0.3, -0.25) is 0 Å². The average Bonchev–Trinajstić information content (AvgIpc) is 2.69. The predicted octanol–water partition coefficient (Wildman–Crippen LogP) is 1.67. The fourth-order valence-electron chi connectivity index (χ4n) is 2.05. The van der Waals surface area contributed by atoms with Crippen LogP contribution in [0.15, 0.2) is 12.2 Å². The van der Waals surface area contributed by atoms with Crippen LogP contribution in [0.1, 0.15) is 26.2 Å². The molecular weight excluding hydrogens is 180 g/mol. The zero-order valence-corrected chi connectivity index (χ0v) is 8.49. The van der Waals surface area contributed by atoms with Crippen molar-refractivity contribution >= 4 is 6.29 Å². The molecule has 0 saturated carbocycles. The Morgan fingerprint density at radius 2 is 2.00 bits per heavy atom. The Hall–Kier alpha value is -0.670. The molecule has 0 bridgehead atoms. The Kier molecular flexibility index (Phi) is 2.45. The normalized spacial score (nSPS) is 34.9. The summed E-state index contributed by atoms with van der Waals surface area (Å²) in [6.45, 7) is 3.35. The van der Waals surface area contributed by atoms with Crippen molar-refractivity contribution in [3.63, 3.8) is 0 Å². The van der Waals surface area contributed by atoms with Crippen LogP contribution in [0.4, 0.5) is 0 Å². The maximum absolute atomic E-state index is 11.0. The molecule has 1 heterocycles. The molecule has 0 N–H and O–H groups in total. The third-order valence-electron chi connectivity index (χ3n) is 3.28. The number of carbonyl (C=O) groups excluding carboxylic acids is 1. The van der Waals surface area contributed by atoms with Crippen molar-refractivity contribution in [3.05, 3.63) is 12.2 Å². The Labute approximate surface area is 84.1 Å². The summed E-state index contributed by atoms with van der Waals surface area (Å²) in [6.07, 6.45) is 7.38. The minimum absolute atomic E-state index is 0.277. The van der Waals surface area contributed by atoms with E-state index in [1.807, 2.05) is 19.1 Å². The van der Waals surface area contributed by atoms with Crippen LogP contribution in [0.5, 0.6) is 0 Å². The molecule has 0 aromatic carbocycles. The first-order valence-corrected chi connectivity index (χ1v) is 5.19. The van der Waals surface area contributed by atoms with Crippen molar-refractivity contribution in [2.75, 3.05) is 13.2 Å². The second-order valence-electron chi connectivity index (χ2n) is 4.05. The van der Waals surface area contributed by atoms with Crippen LogP contribution in [-0.4, -0.2) is 25.3 Å². The molecule has 1 fully saturated rings.